The summed E-state index contributed by atoms with van der Waals surface area (Å²) >= 11 is 0. The van der Waals surface area contributed by atoms with Crippen molar-refractivity contribution in [2.75, 3.05) is 7.11 Å². The molecule has 0 aromatic heterocycles. The number of aryl methyl sites for hydroxylation is 1. The Bertz CT molecular complexity index is 1060. The van der Waals surface area contributed by atoms with Crippen molar-refractivity contribution in [3.8, 4) is 17.2 Å². The summed E-state index contributed by atoms with van der Waals surface area (Å²) in [6.45, 7) is 6.51. The first-order valence-electron chi connectivity index (χ1n) is 9.19. The van der Waals surface area contributed by atoms with Crippen LogP contribution < -0.4 is 0 Å². The molecule has 0 radical (unpaired) electrons. The number of hydrogen-bond acceptors (Lipinski definition) is 2. The second kappa shape index (κ2) is 8.99. The van der Waals surface area contributed by atoms with E-state index >= 15 is 0 Å². The Morgan fingerprint density at radius 3 is 2.39 bits per heavy atom. The fraction of sp³-hybridized carbons (Fsp3) is 0.115. The van der Waals surface area contributed by atoms with Crippen LogP contribution in [0.3, 0.4) is 0 Å². The highest BCUT2D eigenvalue weighted by Gasteiger charge is 2.09. The molecule has 3 rings (SSSR count). The van der Waals surface area contributed by atoms with E-state index in [1.54, 1.807) is 7.11 Å². The maximum Gasteiger partial charge on any atom is 0.100 e. The summed E-state index contributed by atoms with van der Waals surface area (Å²) in [7, 11) is 1.69. The lowest BCUT2D eigenvalue weighted by Crippen LogP contribution is -1.95. The first kappa shape index (κ1) is 19.4. The van der Waals surface area contributed by atoms with Crippen molar-refractivity contribution in [3.63, 3.8) is 0 Å². The smallest absolute Gasteiger partial charge is 0.100 e. The molecule has 0 aliphatic rings. The van der Waals surface area contributed by atoms with Gasteiger partial charge in [-0.2, -0.15) is 5.26 Å². The normalized spacial score (nSPS) is 10.8. The summed E-state index contributed by atoms with van der Waals surface area (Å²) in [6, 6.07) is 22.6. The van der Waals surface area contributed by atoms with Gasteiger partial charge in [0.15, 0.2) is 0 Å². The summed E-state index contributed by atoms with van der Waals surface area (Å²) in [5.41, 5.74) is 8.02. The zero-order valence-electron chi connectivity index (χ0n) is 16.3. The van der Waals surface area contributed by atoms with Crippen molar-refractivity contribution < 1.29 is 4.74 Å². The number of nitrogens with zero attached hydrogens (tertiary/aromatic N) is 1. The fourth-order valence-electron chi connectivity index (χ4n) is 3.32. The van der Waals surface area contributed by atoms with Gasteiger partial charge in [-0.15, -0.1) is 0 Å². The molecule has 3 aromatic carbocycles. The minimum atomic E-state index is 0.537. The number of benzene rings is 3. The van der Waals surface area contributed by atoms with E-state index in [0.717, 1.165) is 38.9 Å². The molecule has 0 spiro atoms. The molecule has 2 heteroatoms. The van der Waals surface area contributed by atoms with E-state index in [1.165, 1.54) is 0 Å². The molecule has 2 nitrogen and oxygen atoms in total. The van der Waals surface area contributed by atoms with E-state index < -0.39 is 0 Å². The van der Waals surface area contributed by atoms with Gasteiger partial charge in [-0.1, -0.05) is 79.4 Å². The molecular weight excluding hydrogens is 342 g/mol. The average molecular weight is 365 g/mol. The molecule has 0 bridgehead atoms. The molecule has 28 heavy (non-hydrogen) atoms. The number of methoxy groups -OCH3 is 1. The first-order valence-corrected chi connectivity index (χ1v) is 9.19. The highest BCUT2D eigenvalue weighted by Crippen LogP contribution is 2.27. The predicted octanol–water partition coefficient (Wildman–Crippen LogP) is 6.49. The Hall–Kier alpha value is -3.41. The summed E-state index contributed by atoms with van der Waals surface area (Å²) in [5.74, 6) is 0. The monoisotopic (exact) mass is 365 g/mol. The molecule has 0 saturated heterocycles. The van der Waals surface area contributed by atoms with Crippen LogP contribution in [-0.4, -0.2) is 7.11 Å². The molecule has 138 valence electrons. The summed E-state index contributed by atoms with van der Waals surface area (Å²) < 4.78 is 5.31. The third-order valence-corrected chi connectivity index (χ3v) is 4.78. The topological polar surface area (TPSA) is 33.0 Å². The van der Waals surface area contributed by atoms with Gasteiger partial charge in [-0.3, -0.25) is 0 Å². The van der Waals surface area contributed by atoms with Gasteiger partial charge in [0.05, 0.1) is 12.2 Å². The zero-order valence-corrected chi connectivity index (χ0v) is 16.3. The second-order valence-corrected chi connectivity index (χ2v) is 6.63. The van der Waals surface area contributed by atoms with Crippen molar-refractivity contribution in [2.24, 2.45) is 0 Å². The van der Waals surface area contributed by atoms with E-state index in [4.69, 9.17) is 4.74 Å². The van der Waals surface area contributed by atoms with Crippen LogP contribution in [0.25, 0.3) is 29.4 Å². The van der Waals surface area contributed by atoms with Gasteiger partial charge in [0, 0.05) is 12.7 Å². The van der Waals surface area contributed by atoms with Crippen LogP contribution in [0.4, 0.5) is 0 Å². The number of ether oxygens (including phenoxy) is 1. The van der Waals surface area contributed by atoms with Gasteiger partial charge >= 0.3 is 0 Å². The quantitative estimate of drug-likeness (QED) is 0.468. The highest BCUT2D eigenvalue weighted by molar-refractivity contribution is 5.81. The van der Waals surface area contributed by atoms with Crippen molar-refractivity contribution in [3.05, 3.63) is 101 Å². The number of nitriles is 1. The lowest BCUT2D eigenvalue weighted by atomic mass is 9.94. The SMILES string of the molecule is C=Cc1cc(C)c(/C=C/c2cccc(-c3ccccc3)c2C#N)cc1COC. The molecule has 3 aromatic rings. The van der Waals surface area contributed by atoms with Crippen molar-refractivity contribution >= 4 is 18.2 Å². The summed E-state index contributed by atoms with van der Waals surface area (Å²) in [5, 5.41) is 9.78. The minimum Gasteiger partial charge on any atom is -0.380 e. The van der Waals surface area contributed by atoms with Gasteiger partial charge in [0.1, 0.15) is 6.07 Å². The van der Waals surface area contributed by atoms with Crippen LogP contribution in [-0.2, 0) is 11.3 Å². The van der Waals surface area contributed by atoms with E-state index in [0.29, 0.717) is 12.2 Å². The molecule has 0 N–H and O–H groups in total. The molecule has 0 aliphatic heterocycles. The Balaban J connectivity index is 2.03. The van der Waals surface area contributed by atoms with Crippen molar-refractivity contribution in [2.45, 2.75) is 13.5 Å². The molecular formula is C26H23NO. The van der Waals surface area contributed by atoms with Crippen molar-refractivity contribution in [1.82, 2.24) is 0 Å². The minimum absolute atomic E-state index is 0.537. The van der Waals surface area contributed by atoms with Crippen LogP contribution in [0.1, 0.15) is 33.4 Å². The molecule has 0 fully saturated rings. The zero-order chi connectivity index (χ0) is 19.9. The summed E-state index contributed by atoms with van der Waals surface area (Å²) in [6.07, 6.45) is 5.93. The van der Waals surface area contributed by atoms with Gasteiger partial charge in [-0.25, -0.2) is 0 Å². The maximum absolute atomic E-state index is 9.78. The molecule has 0 heterocycles. The predicted molar refractivity (Wildman–Crippen MR) is 118 cm³/mol. The Morgan fingerprint density at radius 2 is 1.71 bits per heavy atom. The third kappa shape index (κ3) is 4.11. The maximum atomic E-state index is 9.78. The van der Waals surface area contributed by atoms with E-state index in [1.807, 2.05) is 60.7 Å². The lowest BCUT2D eigenvalue weighted by Gasteiger charge is -2.10. The Labute approximate surface area is 167 Å². The molecule has 0 saturated carbocycles. The number of hydrogen-bond donors (Lipinski definition) is 0. The molecule has 0 atom stereocenters. The molecule has 0 amide bonds. The Morgan fingerprint density at radius 1 is 0.964 bits per heavy atom. The van der Waals surface area contributed by atoms with Crippen molar-refractivity contribution in [1.29, 1.82) is 5.26 Å². The van der Waals surface area contributed by atoms with Gasteiger partial charge in [0.25, 0.3) is 0 Å². The van der Waals surface area contributed by atoms with E-state index in [9.17, 15) is 5.26 Å². The van der Waals surface area contributed by atoms with Gasteiger partial charge in [0.2, 0.25) is 0 Å². The van der Waals surface area contributed by atoms with E-state index in [-0.39, 0.29) is 0 Å². The van der Waals surface area contributed by atoms with Crippen LogP contribution in [0.5, 0.6) is 0 Å². The van der Waals surface area contributed by atoms with Crippen LogP contribution in [0, 0.1) is 18.3 Å². The van der Waals surface area contributed by atoms with Gasteiger partial charge < -0.3 is 4.74 Å². The molecule has 0 unspecified atom stereocenters. The lowest BCUT2D eigenvalue weighted by molar-refractivity contribution is 0.184. The largest absolute Gasteiger partial charge is 0.380 e. The number of rotatable bonds is 6. The average Bonchev–Trinajstić information content (AvgIpc) is 2.74. The standard InChI is InChI=1S/C26H23NO/c1-4-20-15-19(2)23(16-24(20)18-28-3)14-13-22-11-8-12-25(26(22)17-27)21-9-6-5-7-10-21/h4-16H,1,18H2,2-3H3/b14-13+. The third-order valence-electron chi connectivity index (χ3n) is 4.78. The molecule has 0 aliphatic carbocycles. The van der Waals surface area contributed by atoms with E-state index in [2.05, 4.69) is 37.8 Å². The first-order chi connectivity index (χ1) is 13.7. The highest BCUT2D eigenvalue weighted by atomic mass is 16.5. The van der Waals surface area contributed by atoms with Gasteiger partial charge in [-0.05, 0) is 46.4 Å². The van der Waals surface area contributed by atoms with Crippen LogP contribution in [0.2, 0.25) is 0 Å². The van der Waals surface area contributed by atoms with Crippen LogP contribution >= 0.6 is 0 Å². The Kier molecular flexibility index (Phi) is 6.22. The second-order valence-electron chi connectivity index (χ2n) is 6.63. The van der Waals surface area contributed by atoms with Crippen LogP contribution in [0.15, 0.2) is 67.2 Å². The fourth-order valence-corrected chi connectivity index (χ4v) is 3.32. The summed E-state index contributed by atoms with van der Waals surface area (Å²) in [4.78, 5) is 0.